The molecule has 2 rings (SSSR count). The van der Waals surface area contributed by atoms with Crippen molar-refractivity contribution in [3.05, 3.63) is 28.5 Å². The van der Waals surface area contributed by atoms with Gasteiger partial charge in [-0.15, -0.1) is 11.3 Å². The van der Waals surface area contributed by atoms with Crippen LogP contribution in [0.3, 0.4) is 0 Å². The van der Waals surface area contributed by atoms with E-state index in [1.165, 1.54) is 23.1 Å². The molecule has 0 saturated carbocycles. The van der Waals surface area contributed by atoms with Gasteiger partial charge >= 0.3 is 0 Å². The summed E-state index contributed by atoms with van der Waals surface area (Å²) in [5.41, 5.74) is 1.82. The number of thioether (sulfide) groups is 1. The van der Waals surface area contributed by atoms with Gasteiger partial charge in [-0.2, -0.15) is 0 Å². The molecule has 2 heterocycles. The number of anilines is 1. The van der Waals surface area contributed by atoms with Crippen LogP contribution in [0.5, 0.6) is 0 Å². The molecule has 5 nitrogen and oxygen atoms in total. The molecule has 0 spiro atoms. The molecule has 0 aromatic carbocycles. The average molecular weight is 294 g/mol. The summed E-state index contributed by atoms with van der Waals surface area (Å²) in [6, 6.07) is 1.91. The van der Waals surface area contributed by atoms with Crippen molar-refractivity contribution in [1.29, 1.82) is 0 Å². The number of nitrogens with zero attached hydrogens (tertiary/aromatic N) is 3. The van der Waals surface area contributed by atoms with Crippen molar-refractivity contribution in [2.75, 3.05) is 11.1 Å². The lowest BCUT2D eigenvalue weighted by Gasteiger charge is -2.03. The third-order valence-electron chi connectivity index (χ3n) is 2.16. The maximum Gasteiger partial charge on any atom is 0.236 e. The van der Waals surface area contributed by atoms with Crippen LogP contribution in [0.1, 0.15) is 16.3 Å². The number of hydrogen-bond acceptors (Lipinski definition) is 6. The zero-order valence-electron chi connectivity index (χ0n) is 10.9. The van der Waals surface area contributed by atoms with E-state index >= 15 is 0 Å². The fraction of sp³-hybridized carbons (Fsp3) is 0.333. The Morgan fingerprint density at radius 1 is 1.32 bits per heavy atom. The van der Waals surface area contributed by atoms with Crippen LogP contribution in [0.4, 0.5) is 5.13 Å². The molecule has 0 aliphatic rings. The van der Waals surface area contributed by atoms with E-state index in [0.717, 1.165) is 16.3 Å². The Labute approximate surface area is 119 Å². The van der Waals surface area contributed by atoms with Crippen LogP contribution in [-0.2, 0) is 4.79 Å². The second kappa shape index (κ2) is 6.12. The molecule has 2 aromatic rings. The number of aromatic nitrogens is 3. The number of carbonyl (C=O) groups is 1. The van der Waals surface area contributed by atoms with E-state index in [9.17, 15) is 4.79 Å². The van der Waals surface area contributed by atoms with Gasteiger partial charge in [0.25, 0.3) is 0 Å². The van der Waals surface area contributed by atoms with Gasteiger partial charge in [0, 0.05) is 22.5 Å². The highest BCUT2D eigenvalue weighted by Crippen LogP contribution is 2.18. The summed E-state index contributed by atoms with van der Waals surface area (Å²) in [5.74, 6) is 0.184. The minimum Gasteiger partial charge on any atom is -0.301 e. The van der Waals surface area contributed by atoms with Crippen molar-refractivity contribution >= 4 is 34.1 Å². The predicted octanol–water partition coefficient (Wildman–Crippen LogP) is 2.59. The molecular weight excluding hydrogens is 280 g/mol. The minimum atomic E-state index is -0.0953. The first-order chi connectivity index (χ1) is 9.02. The molecule has 1 N–H and O–H groups in total. The van der Waals surface area contributed by atoms with E-state index in [2.05, 4.69) is 20.3 Å². The molecule has 7 heteroatoms. The van der Waals surface area contributed by atoms with Gasteiger partial charge in [0.1, 0.15) is 0 Å². The highest BCUT2D eigenvalue weighted by Gasteiger charge is 2.08. The molecular formula is C12H14N4OS2. The number of aryl methyl sites for hydroxylation is 3. The largest absolute Gasteiger partial charge is 0.301 e. The molecule has 1 amide bonds. The van der Waals surface area contributed by atoms with Crippen molar-refractivity contribution in [2.45, 2.75) is 25.9 Å². The quantitative estimate of drug-likeness (QED) is 0.693. The number of hydrogen-bond donors (Lipinski definition) is 1. The topological polar surface area (TPSA) is 67.8 Å². The highest BCUT2D eigenvalue weighted by atomic mass is 32.2. The summed E-state index contributed by atoms with van der Waals surface area (Å²) in [4.78, 5) is 25.5. The van der Waals surface area contributed by atoms with E-state index in [1.807, 2.05) is 26.8 Å². The molecule has 100 valence electrons. The Kier molecular flexibility index (Phi) is 4.49. The van der Waals surface area contributed by atoms with Crippen molar-refractivity contribution in [1.82, 2.24) is 15.0 Å². The van der Waals surface area contributed by atoms with Crippen molar-refractivity contribution in [3.63, 3.8) is 0 Å². The van der Waals surface area contributed by atoms with E-state index in [-0.39, 0.29) is 11.7 Å². The van der Waals surface area contributed by atoms with Crippen LogP contribution < -0.4 is 5.32 Å². The normalized spacial score (nSPS) is 10.5. The van der Waals surface area contributed by atoms with Crippen LogP contribution in [0.2, 0.25) is 0 Å². The van der Waals surface area contributed by atoms with Crippen LogP contribution in [0.25, 0.3) is 0 Å². The molecule has 2 aromatic heterocycles. The van der Waals surface area contributed by atoms with Crippen LogP contribution in [-0.4, -0.2) is 26.6 Å². The van der Waals surface area contributed by atoms with Gasteiger partial charge in [-0.3, -0.25) is 4.79 Å². The SMILES string of the molecule is Cc1cc(C)nc(SCC(=O)Nc2ncc(C)s2)n1. The van der Waals surface area contributed by atoms with Gasteiger partial charge in [0.05, 0.1) is 5.75 Å². The van der Waals surface area contributed by atoms with E-state index in [4.69, 9.17) is 0 Å². The standard InChI is InChI=1S/C12H14N4OS2/c1-7-4-8(2)15-12(14-7)18-6-10(17)16-11-13-5-9(3)19-11/h4-5H,6H2,1-3H3,(H,13,16,17). The van der Waals surface area contributed by atoms with E-state index in [1.54, 1.807) is 6.20 Å². The van der Waals surface area contributed by atoms with Gasteiger partial charge < -0.3 is 5.32 Å². The number of nitrogens with one attached hydrogen (secondary N) is 1. The zero-order valence-corrected chi connectivity index (χ0v) is 12.6. The Bertz CT molecular complexity index is 577. The Morgan fingerprint density at radius 2 is 2.00 bits per heavy atom. The van der Waals surface area contributed by atoms with Gasteiger partial charge in [-0.1, -0.05) is 11.8 Å². The summed E-state index contributed by atoms with van der Waals surface area (Å²) in [6.45, 7) is 5.78. The van der Waals surface area contributed by atoms with Gasteiger partial charge in [0.15, 0.2) is 10.3 Å². The first-order valence-electron chi connectivity index (χ1n) is 5.70. The second-order valence-electron chi connectivity index (χ2n) is 4.05. The van der Waals surface area contributed by atoms with Crippen molar-refractivity contribution in [2.24, 2.45) is 0 Å². The monoisotopic (exact) mass is 294 g/mol. The average Bonchev–Trinajstić information content (AvgIpc) is 2.71. The molecule has 0 aliphatic carbocycles. The fourth-order valence-corrected chi connectivity index (χ4v) is 2.89. The summed E-state index contributed by atoms with van der Waals surface area (Å²) in [7, 11) is 0. The van der Waals surface area contributed by atoms with Crippen LogP contribution in [0, 0.1) is 20.8 Å². The molecule has 0 atom stereocenters. The van der Waals surface area contributed by atoms with E-state index < -0.39 is 0 Å². The van der Waals surface area contributed by atoms with Crippen molar-refractivity contribution < 1.29 is 4.79 Å². The third-order valence-corrected chi connectivity index (χ3v) is 3.84. The molecule has 0 aliphatic heterocycles. The van der Waals surface area contributed by atoms with Crippen molar-refractivity contribution in [3.8, 4) is 0 Å². The Hall–Kier alpha value is -1.47. The van der Waals surface area contributed by atoms with Crippen LogP contribution >= 0.6 is 23.1 Å². The van der Waals surface area contributed by atoms with Gasteiger partial charge in [-0.05, 0) is 26.8 Å². The maximum absolute atomic E-state index is 11.7. The summed E-state index contributed by atoms with van der Waals surface area (Å²) < 4.78 is 0. The summed E-state index contributed by atoms with van der Waals surface area (Å²) >= 11 is 2.78. The van der Waals surface area contributed by atoms with Crippen LogP contribution in [0.15, 0.2) is 17.4 Å². The second-order valence-corrected chi connectivity index (χ2v) is 6.22. The van der Waals surface area contributed by atoms with Gasteiger partial charge in [-0.25, -0.2) is 15.0 Å². The maximum atomic E-state index is 11.7. The predicted molar refractivity (Wildman–Crippen MR) is 77.7 cm³/mol. The first kappa shape index (κ1) is 14.0. The summed E-state index contributed by atoms with van der Waals surface area (Å²) in [5, 5.41) is 4.01. The number of rotatable bonds is 4. The lowest BCUT2D eigenvalue weighted by Crippen LogP contribution is -2.14. The molecule has 19 heavy (non-hydrogen) atoms. The molecule has 0 saturated heterocycles. The number of carbonyl (C=O) groups excluding carboxylic acids is 1. The fourth-order valence-electron chi connectivity index (χ4n) is 1.46. The highest BCUT2D eigenvalue weighted by molar-refractivity contribution is 7.99. The molecule has 0 bridgehead atoms. The van der Waals surface area contributed by atoms with Gasteiger partial charge in [0.2, 0.25) is 5.91 Å². The molecule has 0 fully saturated rings. The number of thiazole rings is 1. The first-order valence-corrected chi connectivity index (χ1v) is 7.50. The smallest absolute Gasteiger partial charge is 0.236 e. The Morgan fingerprint density at radius 3 is 2.58 bits per heavy atom. The lowest BCUT2D eigenvalue weighted by atomic mass is 10.4. The zero-order chi connectivity index (χ0) is 13.8. The molecule has 0 unspecified atom stereocenters. The molecule has 0 radical (unpaired) electrons. The summed E-state index contributed by atoms with van der Waals surface area (Å²) in [6.07, 6.45) is 1.74. The third kappa shape index (κ3) is 4.29. The Balaban J connectivity index is 1.89. The van der Waals surface area contributed by atoms with E-state index in [0.29, 0.717) is 10.3 Å². The lowest BCUT2D eigenvalue weighted by molar-refractivity contribution is -0.113. The number of amides is 1. The minimum absolute atomic E-state index is 0.0953.